The molecule has 1 N–H and O–H groups in total. The fourth-order valence-electron chi connectivity index (χ4n) is 2.07. The molecule has 2 nitrogen and oxygen atoms in total. The summed E-state index contributed by atoms with van der Waals surface area (Å²) in [6, 6.07) is 6.60. The van der Waals surface area contributed by atoms with Crippen LogP contribution in [-0.2, 0) is 6.54 Å². The molecule has 96 valence electrons. The van der Waals surface area contributed by atoms with E-state index in [1.165, 1.54) is 11.3 Å². The molecule has 0 aromatic heterocycles. The molecule has 3 heteroatoms. The monoisotopic (exact) mass is 254 g/mol. The lowest BCUT2D eigenvalue weighted by Crippen LogP contribution is -2.32. The smallest absolute Gasteiger partial charge is 0.0643 e. The summed E-state index contributed by atoms with van der Waals surface area (Å²) >= 11 is 6.36. The quantitative estimate of drug-likeness (QED) is 0.833. The second-order valence-corrected chi connectivity index (χ2v) is 4.81. The molecule has 1 rings (SSSR count). The number of hydrogen-bond donors (Lipinski definition) is 1. The molecule has 0 saturated carbocycles. The van der Waals surface area contributed by atoms with Crippen LogP contribution in [0.5, 0.6) is 0 Å². The van der Waals surface area contributed by atoms with Gasteiger partial charge >= 0.3 is 0 Å². The molecule has 0 aliphatic heterocycles. The highest BCUT2D eigenvalue weighted by molar-refractivity contribution is 6.33. The highest BCUT2D eigenvalue weighted by Gasteiger charge is 2.15. The van der Waals surface area contributed by atoms with E-state index in [1.54, 1.807) is 0 Å². The van der Waals surface area contributed by atoms with Gasteiger partial charge in [-0.2, -0.15) is 0 Å². The topological polar surface area (TPSA) is 15.3 Å². The van der Waals surface area contributed by atoms with Crippen molar-refractivity contribution in [3.63, 3.8) is 0 Å². The van der Waals surface area contributed by atoms with Gasteiger partial charge in [-0.05, 0) is 38.9 Å². The molecule has 0 unspecified atom stereocenters. The molecule has 1 aromatic rings. The van der Waals surface area contributed by atoms with Gasteiger partial charge in [0.1, 0.15) is 0 Å². The Labute approximate surface area is 110 Å². The summed E-state index contributed by atoms with van der Waals surface area (Å²) < 4.78 is 0. The van der Waals surface area contributed by atoms with Crippen LogP contribution in [0.2, 0.25) is 5.02 Å². The van der Waals surface area contributed by atoms with Crippen LogP contribution in [0.25, 0.3) is 0 Å². The van der Waals surface area contributed by atoms with Gasteiger partial charge in [0.25, 0.3) is 0 Å². The number of nitrogens with zero attached hydrogens (tertiary/aromatic N) is 1. The summed E-state index contributed by atoms with van der Waals surface area (Å²) in [4.78, 5) is 2.34. The van der Waals surface area contributed by atoms with Crippen molar-refractivity contribution in [1.82, 2.24) is 5.32 Å². The van der Waals surface area contributed by atoms with Crippen molar-refractivity contribution < 1.29 is 0 Å². The summed E-state index contributed by atoms with van der Waals surface area (Å²) in [5, 5.41) is 4.21. The predicted molar refractivity (Wildman–Crippen MR) is 77.0 cm³/mol. The first-order chi connectivity index (χ1) is 8.11. The van der Waals surface area contributed by atoms with Gasteiger partial charge in [-0.1, -0.05) is 30.7 Å². The zero-order valence-corrected chi connectivity index (χ0v) is 12.0. The van der Waals surface area contributed by atoms with Crippen LogP contribution >= 0.6 is 11.6 Å². The third-order valence-electron chi connectivity index (χ3n) is 2.89. The van der Waals surface area contributed by atoms with Gasteiger partial charge in [-0.25, -0.2) is 0 Å². The summed E-state index contributed by atoms with van der Waals surface area (Å²) in [6.45, 7) is 11.5. The Balaban J connectivity index is 3.09. The third-order valence-corrected chi connectivity index (χ3v) is 3.19. The number of anilines is 1. The molecule has 17 heavy (non-hydrogen) atoms. The standard InChI is InChI=1S/C14H23ClN2/c1-5-16-10-12-8-7-9-13(15)14(12)17(6-2)11(3)4/h7-9,11,16H,5-6,10H2,1-4H3. The van der Waals surface area contributed by atoms with Gasteiger partial charge in [-0.3, -0.25) is 0 Å². The summed E-state index contributed by atoms with van der Waals surface area (Å²) in [7, 11) is 0. The van der Waals surface area contributed by atoms with E-state index >= 15 is 0 Å². The predicted octanol–water partition coefficient (Wildman–Crippen LogP) is 3.68. The van der Waals surface area contributed by atoms with E-state index in [9.17, 15) is 0 Å². The second kappa shape index (κ2) is 6.87. The summed E-state index contributed by atoms with van der Waals surface area (Å²) in [5.74, 6) is 0. The minimum atomic E-state index is 0.459. The van der Waals surface area contributed by atoms with Gasteiger partial charge in [-0.15, -0.1) is 0 Å². The van der Waals surface area contributed by atoms with Gasteiger partial charge in [0, 0.05) is 19.1 Å². The maximum atomic E-state index is 6.36. The van der Waals surface area contributed by atoms with Crippen molar-refractivity contribution in [2.24, 2.45) is 0 Å². The SMILES string of the molecule is CCNCc1cccc(Cl)c1N(CC)C(C)C. The maximum absolute atomic E-state index is 6.36. The minimum absolute atomic E-state index is 0.459. The van der Waals surface area contributed by atoms with Crippen LogP contribution in [0.1, 0.15) is 33.3 Å². The van der Waals surface area contributed by atoms with E-state index in [0.717, 1.165) is 24.7 Å². The van der Waals surface area contributed by atoms with Crippen molar-refractivity contribution in [2.75, 3.05) is 18.0 Å². The van der Waals surface area contributed by atoms with E-state index in [2.05, 4.69) is 44.0 Å². The Bertz CT molecular complexity index is 350. The maximum Gasteiger partial charge on any atom is 0.0643 e. The van der Waals surface area contributed by atoms with E-state index < -0.39 is 0 Å². The fraction of sp³-hybridized carbons (Fsp3) is 0.571. The Morgan fingerprint density at radius 1 is 1.29 bits per heavy atom. The van der Waals surface area contributed by atoms with E-state index in [0.29, 0.717) is 6.04 Å². The van der Waals surface area contributed by atoms with Crippen molar-refractivity contribution >= 4 is 17.3 Å². The Morgan fingerprint density at radius 3 is 2.53 bits per heavy atom. The second-order valence-electron chi connectivity index (χ2n) is 4.41. The molecule has 0 saturated heterocycles. The molecule has 0 heterocycles. The number of para-hydroxylation sites is 1. The molecule has 0 fully saturated rings. The average Bonchev–Trinajstić information content (AvgIpc) is 2.29. The van der Waals surface area contributed by atoms with E-state index in [4.69, 9.17) is 11.6 Å². The van der Waals surface area contributed by atoms with Gasteiger partial charge < -0.3 is 10.2 Å². The highest BCUT2D eigenvalue weighted by Crippen LogP contribution is 2.31. The lowest BCUT2D eigenvalue weighted by molar-refractivity contribution is 0.684. The summed E-state index contributed by atoms with van der Waals surface area (Å²) in [5.41, 5.74) is 2.45. The molecule has 1 aromatic carbocycles. The Kier molecular flexibility index (Phi) is 5.79. The zero-order chi connectivity index (χ0) is 12.8. The molecule has 0 atom stereocenters. The lowest BCUT2D eigenvalue weighted by atomic mass is 10.1. The molecule has 0 spiro atoms. The number of nitrogens with one attached hydrogen (secondary N) is 1. The molecule has 0 radical (unpaired) electrons. The van der Waals surface area contributed by atoms with Crippen molar-refractivity contribution in [1.29, 1.82) is 0 Å². The van der Waals surface area contributed by atoms with Crippen molar-refractivity contribution in [2.45, 2.75) is 40.3 Å². The third kappa shape index (κ3) is 3.62. The van der Waals surface area contributed by atoms with Crippen molar-refractivity contribution in [3.05, 3.63) is 28.8 Å². The van der Waals surface area contributed by atoms with Crippen LogP contribution in [0.4, 0.5) is 5.69 Å². The molecule has 0 bridgehead atoms. The molecule has 0 aliphatic rings. The first kappa shape index (κ1) is 14.3. The van der Waals surface area contributed by atoms with E-state index in [1.807, 2.05) is 12.1 Å². The van der Waals surface area contributed by atoms with Crippen LogP contribution < -0.4 is 10.2 Å². The highest BCUT2D eigenvalue weighted by atomic mass is 35.5. The lowest BCUT2D eigenvalue weighted by Gasteiger charge is -2.30. The number of halogens is 1. The Hall–Kier alpha value is -0.730. The zero-order valence-electron chi connectivity index (χ0n) is 11.3. The molecular formula is C14H23ClN2. The number of benzene rings is 1. The average molecular weight is 255 g/mol. The molecule has 0 amide bonds. The Morgan fingerprint density at radius 2 is 2.00 bits per heavy atom. The summed E-state index contributed by atoms with van der Waals surface area (Å²) in [6.07, 6.45) is 0. The van der Waals surface area contributed by atoms with Crippen LogP contribution in [0.15, 0.2) is 18.2 Å². The first-order valence-corrected chi connectivity index (χ1v) is 6.74. The van der Waals surface area contributed by atoms with Gasteiger partial charge in [0.15, 0.2) is 0 Å². The first-order valence-electron chi connectivity index (χ1n) is 6.36. The number of rotatable bonds is 6. The van der Waals surface area contributed by atoms with Crippen molar-refractivity contribution in [3.8, 4) is 0 Å². The van der Waals surface area contributed by atoms with Gasteiger partial charge in [0.2, 0.25) is 0 Å². The minimum Gasteiger partial charge on any atom is -0.368 e. The van der Waals surface area contributed by atoms with Crippen LogP contribution in [0, 0.1) is 0 Å². The normalized spacial score (nSPS) is 10.9. The van der Waals surface area contributed by atoms with Crippen LogP contribution in [-0.4, -0.2) is 19.1 Å². The van der Waals surface area contributed by atoms with Gasteiger partial charge in [0.05, 0.1) is 10.7 Å². The van der Waals surface area contributed by atoms with Crippen LogP contribution in [0.3, 0.4) is 0 Å². The molecular weight excluding hydrogens is 232 g/mol. The van der Waals surface area contributed by atoms with E-state index in [-0.39, 0.29) is 0 Å². The number of hydrogen-bond acceptors (Lipinski definition) is 2. The largest absolute Gasteiger partial charge is 0.368 e. The fourth-order valence-corrected chi connectivity index (χ4v) is 2.37. The molecule has 0 aliphatic carbocycles.